The first-order valence-corrected chi connectivity index (χ1v) is 8.69. The predicted molar refractivity (Wildman–Crippen MR) is 96.5 cm³/mol. The lowest BCUT2D eigenvalue weighted by molar-refractivity contribution is -0.116. The molecule has 1 N–H and O–H groups in total. The first-order chi connectivity index (χ1) is 11.5. The first-order valence-electron chi connectivity index (χ1n) is 7.08. The van der Waals surface area contributed by atoms with Crippen LogP contribution in [0.25, 0.3) is 10.9 Å². The highest BCUT2D eigenvalue weighted by Crippen LogP contribution is 2.25. The fourth-order valence-electron chi connectivity index (χ4n) is 2.37. The van der Waals surface area contributed by atoms with E-state index in [0.717, 1.165) is 15.4 Å². The number of carbonyl (C=O) groups excluding carboxylic acids is 2. The van der Waals surface area contributed by atoms with Crippen LogP contribution in [-0.4, -0.2) is 28.5 Å². The standard InChI is InChI=1S/C16H14BrN3O3S/c1-9-14(15(22)23-2)19-16(24-9)18-13(21)8-20-7-6-10-11(17)4-3-5-12(10)20/h3-7H,8H2,1-2H3,(H,18,19,21). The number of hydrogen-bond donors (Lipinski definition) is 1. The Morgan fingerprint density at radius 3 is 2.92 bits per heavy atom. The molecular formula is C16H14BrN3O3S. The number of nitrogens with zero attached hydrogens (tertiary/aromatic N) is 2. The second-order valence-corrected chi connectivity index (χ2v) is 7.14. The molecule has 124 valence electrons. The second-order valence-electron chi connectivity index (χ2n) is 5.08. The van der Waals surface area contributed by atoms with E-state index in [0.29, 0.717) is 10.0 Å². The van der Waals surface area contributed by atoms with Gasteiger partial charge in [-0.15, -0.1) is 11.3 Å². The van der Waals surface area contributed by atoms with E-state index >= 15 is 0 Å². The molecule has 0 aliphatic heterocycles. The summed E-state index contributed by atoms with van der Waals surface area (Å²) in [7, 11) is 1.30. The third-order valence-electron chi connectivity index (χ3n) is 3.50. The van der Waals surface area contributed by atoms with Gasteiger partial charge >= 0.3 is 5.97 Å². The summed E-state index contributed by atoms with van der Waals surface area (Å²) in [6.45, 7) is 1.92. The number of esters is 1. The number of halogens is 1. The summed E-state index contributed by atoms with van der Waals surface area (Å²) >= 11 is 4.74. The maximum atomic E-state index is 12.3. The minimum atomic E-state index is -0.509. The SMILES string of the molecule is COC(=O)c1nc(NC(=O)Cn2ccc3c(Br)cccc32)sc1C. The second kappa shape index (κ2) is 6.74. The van der Waals surface area contributed by atoms with Crippen LogP contribution >= 0.6 is 27.3 Å². The van der Waals surface area contributed by atoms with Crippen LogP contribution in [0.4, 0.5) is 5.13 Å². The molecule has 1 aromatic carbocycles. The Balaban J connectivity index is 1.76. The Hall–Kier alpha value is -2.19. The van der Waals surface area contributed by atoms with Crippen LogP contribution in [0.2, 0.25) is 0 Å². The molecule has 0 spiro atoms. The summed E-state index contributed by atoms with van der Waals surface area (Å²) in [5, 5.41) is 4.16. The number of rotatable bonds is 4. The summed E-state index contributed by atoms with van der Waals surface area (Å²) in [4.78, 5) is 28.7. The van der Waals surface area contributed by atoms with Crippen molar-refractivity contribution < 1.29 is 14.3 Å². The molecule has 0 aliphatic rings. The maximum absolute atomic E-state index is 12.3. The van der Waals surface area contributed by atoms with Gasteiger partial charge in [0.2, 0.25) is 5.91 Å². The maximum Gasteiger partial charge on any atom is 0.357 e. The molecule has 2 aromatic heterocycles. The minimum absolute atomic E-state index is 0.159. The zero-order valence-corrected chi connectivity index (χ0v) is 15.4. The Kier molecular flexibility index (Phi) is 4.68. The van der Waals surface area contributed by atoms with Crippen molar-refractivity contribution in [2.75, 3.05) is 12.4 Å². The number of ether oxygens (including phenoxy) is 1. The molecule has 0 saturated heterocycles. The zero-order chi connectivity index (χ0) is 17.3. The number of amides is 1. The fourth-order valence-corrected chi connectivity index (χ4v) is 3.68. The molecule has 0 fully saturated rings. The zero-order valence-electron chi connectivity index (χ0n) is 13.0. The topological polar surface area (TPSA) is 73.2 Å². The van der Waals surface area contributed by atoms with Crippen molar-refractivity contribution in [2.24, 2.45) is 0 Å². The van der Waals surface area contributed by atoms with Crippen molar-refractivity contribution >= 4 is 55.2 Å². The molecule has 24 heavy (non-hydrogen) atoms. The van der Waals surface area contributed by atoms with Crippen LogP contribution in [0.3, 0.4) is 0 Å². The number of carbonyl (C=O) groups is 2. The molecule has 0 unspecified atom stereocenters. The molecule has 3 rings (SSSR count). The summed E-state index contributed by atoms with van der Waals surface area (Å²) in [6, 6.07) is 7.79. The highest BCUT2D eigenvalue weighted by molar-refractivity contribution is 9.10. The van der Waals surface area contributed by atoms with E-state index in [4.69, 9.17) is 0 Å². The van der Waals surface area contributed by atoms with E-state index in [-0.39, 0.29) is 18.1 Å². The largest absolute Gasteiger partial charge is 0.464 e. The summed E-state index contributed by atoms with van der Waals surface area (Å²) < 4.78 is 7.51. The molecule has 0 bridgehead atoms. The fraction of sp³-hybridized carbons (Fsp3) is 0.188. The number of thiazole rings is 1. The highest BCUT2D eigenvalue weighted by atomic mass is 79.9. The van der Waals surface area contributed by atoms with Gasteiger partial charge in [0.15, 0.2) is 10.8 Å². The molecule has 0 saturated carbocycles. The van der Waals surface area contributed by atoms with E-state index in [2.05, 4.69) is 31.0 Å². The number of methoxy groups -OCH3 is 1. The Bertz CT molecular complexity index is 932. The molecule has 1 amide bonds. The molecule has 0 radical (unpaired) electrons. The van der Waals surface area contributed by atoms with Gasteiger partial charge in [-0.05, 0) is 25.1 Å². The number of fused-ring (bicyclic) bond motifs is 1. The van der Waals surface area contributed by atoms with E-state index in [9.17, 15) is 9.59 Å². The average Bonchev–Trinajstić information content (AvgIpc) is 3.11. The molecule has 8 heteroatoms. The molecule has 2 heterocycles. The number of nitrogens with one attached hydrogen (secondary N) is 1. The van der Waals surface area contributed by atoms with Gasteiger partial charge in [0.25, 0.3) is 0 Å². The number of anilines is 1. The number of aryl methyl sites for hydroxylation is 1. The van der Waals surface area contributed by atoms with Crippen molar-refractivity contribution in [3.63, 3.8) is 0 Å². The Morgan fingerprint density at radius 1 is 1.38 bits per heavy atom. The van der Waals surface area contributed by atoms with Gasteiger partial charge in [0.1, 0.15) is 6.54 Å². The highest BCUT2D eigenvalue weighted by Gasteiger charge is 2.17. The van der Waals surface area contributed by atoms with Crippen molar-refractivity contribution in [3.05, 3.63) is 45.5 Å². The molecule has 0 atom stereocenters. The normalized spacial score (nSPS) is 10.8. The predicted octanol–water partition coefficient (Wildman–Crippen LogP) is 3.59. The van der Waals surface area contributed by atoms with Crippen molar-refractivity contribution in [1.82, 2.24) is 9.55 Å². The Labute approximate surface area is 150 Å². The van der Waals surface area contributed by atoms with Crippen LogP contribution in [0, 0.1) is 6.92 Å². The van der Waals surface area contributed by atoms with E-state index in [1.165, 1.54) is 18.4 Å². The van der Waals surface area contributed by atoms with E-state index < -0.39 is 5.97 Å². The number of hydrogen-bond acceptors (Lipinski definition) is 5. The van der Waals surface area contributed by atoms with Gasteiger partial charge in [0.05, 0.1) is 7.11 Å². The van der Waals surface area contributed by atoms with E-state index in [1.54, 1.807) is 6.92 Å². The van der Waals surface area contributed by atoms with Gasteiger partial charge in [-0.3, -0.25) is 4.79 Å². The quantitative estimate of drug-likeness (QED) is 0.670. The molecule has 0 aliphatic carbocycles. The van der Waals surface area contributed by atoms with Gasteiger partial charge in [0, 0.05) is 26.4 Å². The van der Waals surface area contributed by atoms with Crippen LogP contribution < -0.4 is 5.32 Å². The summed E-state index contributed by atoms with van der Waals surface area (Å²) in [5.74, 6) is -0.719. The van der Waals surface area contributed by atoms with Crippen LogP contribution in [0.5, 0.6) is 0 Å². The molecule has 6 nitrogen and oxygen atoms in total. The number of aromatic nitrogens is 2. The van der Waals surface area contributed by atoms with Crippen LogP contribution in [0.1, 0.15) is 15.4 Å². The Morgan fingerprint density at radius 2 is 2.17 bits per heavy atom. The summed E-state index contributed by atoms with van der Waals surface area (Å²) in [5.41, 5.74) is 1.19. The lowest BCUT2D eigenvalue weighted by atomic mass is 10.2. The third-order valence-corrected chi connectivity index (χ3v) is 5.07. The lowest BCUT2D eigenvalue weighted by Gasteiger charge is -2.05. The van der Waals surface area contributed by atoms with Crippen LogP contribution in [-0.2, 0) is 16.1 Å². The van der Waals surface area contributed by atoms with Gasteiger partial charge < -0.3 is 14.6 Å². The van der Waals surface area contributed by atoms with Crippen molar-refractivity contribution in [1.29, 1.82) is 0 Å². The van der Waals surface area contributed by atoms with Gasteiger partial charge in [-0.2, -0.15) is 0 Å². The van der Waals surface area contributed by atoms with E-state index in [1.807, 2.05) is 35.0 Å². The smallest absolute Gasteiger partial charge is 0.357 e. The summed E-state index contributed by atoms with van der Waals surface area (Å²) in [6.07, 6.45) is 1.86. The minimum Gasteiger partial charge on any atom is -0.464 e. The van der Waals surface area contributed by atoms with Crippen molar-refractivity contribution in [2.45, 2.75) is 13.5 Å². The third kappa shape index (κ3) is 3.20. The number of benzene rings is 1. The van der Waals surface area contributed by atoms with Crippen LogP contribution in [0.15, 0.2) is 34.9 Å². The first kappa shape index (κ1) is 16.7. The molecular weight excluding hydrogens is 394 g/mol. The van der Waals surface area contributed by atoms with Gasteiger partial charge in [-0.1, -0.05) is 22.0 Å². The van der Waals surface area contributed by atoms with Crippen molar-refractivity contribution in [3.8, 4) is 0 Å². The monoisotopic (exact) mass is 407 g/mol. The average molecular weight is 408 g/mol. The lowest BCUT2D eigenvalue weighted by Crippen LogP contribution is -2.18. The molecule has 3 aromatic rings. The van der Waals surface area contributed by atoms with Gasteiger partial charge in [-0.25, -0.2) is 9.78 Å².